The molecule has 0 radical (unpaired) electrons. The van der Waals surface area contributed by atoms with E-state index in [9.17, 15) is 9.18 Å². The molecule has 3 rings (SSSR count). The van der Waals surface area contributed by atoms with Crippen molar-refractivity contribution >= 4 is 29.0 Å². The van der Waals surface area contributed by atoms with Gasteiger partial charge in [-0.2, -0.15) is 0 Å². The molecular weight excluding hydrogens is 341 g/mol. The molecule has 1 fully saturated rings. The fourth-order valence-electron chi connectivity index (χ4n) is 3.01. The Kier molecular flexibility index (Phi) is 5.13. The number of amides is 2. The van der Waals surface area contributed by atoms with E-state index in [0.29, 0.717) is 18.8 Å². The van der Waals surface area contributed by atoms with Crippen LogP contribution in [-0.4, -0.2) is 37.1 Å². The minimum Gasteiger partial charge on any atom is -0.368 e. The van der Waals surface area contributed by atoms with Gasteiger partial charge in [0.15, 0.2) is 0 Å². The van der Waals surface area contributed by atoms with Crippen LogP contribution in [0.5, 0.6) is 0 Å². The number of hydrogen-bond acceptors (Lipinski definition) is 2. The lowest BCUT2D eigenvalue weighted by molar-refractivity contribution is 0.208. The van der Waals surface area contributed by atoms with Crippen molar-refractivity contribution in [2.24, 2.45) is 0 Å². The molecule has 0 aliphatic carbocycles. The summed E-state index contributed by atoms with van der Waals surface area (Å²) >= 11 is 5.75. The van der Waals surface area contributed by atoms with Gasteiger partial charge in [0.25, 0.3) is 0 Å². The van der Waals surface area contributed by atoms with Gasteiger partial charge in [0, 0.05) is 37.6 Å². The maximum atomic E-state index is 13.2. The van der Waals surface area contributed by atoms with E-state index in [1.165, 1.54) is 35.0 Å². The standard InChI is InChI=1S/C19H21ClFN3O/c1-13-4-3-5-18(14(13)2)23-8-10-24(11-9-23)19(25)22-15-6-7-17(21)16(20)12-15/h3-7,12H,8-11H2,1-2H3,(H,22,25). The third kappa shape index (κ3) is 3.87. The zero-order valence-electron chi connectivity index (χ0n) is 14.4. The van der Waals surface area contributed by atoms with Crippen LogP contribution >= 0.6 is 11.6 Å². The van der Waals surface area contributed by atoms with Crippen LogP contribution in [0.2, 0.25) is 5.02 Å². The van der Waals surface area contributed by atoms with E-state index in [1.54, 1.807) is 4.90 Å². The van der Waals surface area contributed by atoms with Crippen LogP contribution in [0, 0.1) is 19.7 Å². The van der Waals surface area contributed by atoms with Crippen LogP contribution in [0.4, 0.5) is 20.6 Å². The van der Waals surface area contributed by atoms with Gasteiger partial charge in [-0.1, -0.05) is 23.7 Å². The number of carbonyl (C=O) groups is 1. The van der Waals surface area contributed by atoms with Gasteiger partial charge in [0.2, 0.25) is 0 Å². The molecule has 1 saturated heterocycles. The van der Waals surface area contributed by atoms with E-state index in [-0.39, 0.29) is 11.1 Å². The third-order valence-electron chi connectivity index (χ3n) is 4.65. The second kappa shape index (κ2) is 7.31. The highest BCUT2D eigenvalue weighted by atomic mass is 35.5. The number of rotatable bonds is 2. The highest BCUT2D eigenvalue weighted by Crippen LogP contribution is 2.24. The SMILES string of the molecule is Cc1cccc(N2CCN(C(=O)Nc3ccc(F)c(Cl)c3)CC2)c1C. The van der Waals surface area contributed by atoms with Gasteiger partial charge in [-0.3, -0.25) is 0 Å². The maximum Gasteiger partial charge on any atom is 0.321 e. The molecule has 2 amide bonds. The van der Waals surface area contributed by atoms with Gasteiger partial charge in [0.1, 0.15) is 5.82 Å². The van der Waals surface area contributed by atoms with E-state index in [4.69, 9.17) is 11.6 Å². The molecule has 1 N–H and O–H groups in total. The molecule has 0 unspecified atom stereocenters. The first kappa shape index (κ1) is 17.5. The summed E-state index contributed by atoms with van der Waals surface area (Å²) in [7, 11) is 0. The van der Waals surface area contributed by atoms with Gasteiger partial charge < -0.3 is 15.1 Å². The Hall–Kier alpha value is -2.27. The molecule has 6 heteroatoms. The summed E-state index contributed by atoms with van der Waals surface area (Å²) in [6, 6.07) is 10.3. The predicted octanol–water partition coefficient (Wildman–Crippen LogP) is 4.45. The zero-order chi connectivity index (χ0) is 18.0. The van der Waals surface area contributed by atoms with E-state index in [0.717, 1.165) is 13.1 Å². The second-order valence-corrected chi connectivity index (χ2v) is 6.66. The molecule has 0 atom stereocenters. The molecule has 0 aromatic heterocycles. The summed E-state index contributed by atoms with van der Waals surface area (Å²) in [5.74, 6) is -0.498. The lowest BCUT2D eigenvalue weighted by atomic mass is 10.1. The number of carbonyl (C=O) groups excluding carboxylic acids is 1. The Bertz CT molecular complexity index is 788. The molecule has 1 aliphatic heterocycles. The molecular formula is C19H21ClFN3O. The first-order valence-electron chi connectivity index (χ1n) is 8.28. The van der Waals surface area contributed by atoms with E-state index in [1.807, 2.05) is 0 Å². The average molecular weight is 362 g/mol. The molecule has 0 saturated carbocycles. The molecule has 25 heavy (non-hydrogen) atoms. The Morgan fingerprint density at radius 3 is 2.52 bits per heavy atom. The number of anilines is 2. The van der Waals surface area contributed by atoms with E-state index < -0.39 is 5.82 Å². The summed E-state index contributed by atoms with van der Waals surface area (Å²) in [4.78, 5) is 16.5. The van der Waals surface area contributed by atoms with Crippen molar-refractivity contribution in [3.8, 4) is 0 Å². The molecule has 2 aromatic carbocycles. The Labute approximate surface area is 152 Å². The van der Waals surface area contributed by atoms with Crippen LogP contribution in [0.25, 0.3) is 0 Å². The van der Waals surface area contributed by atoms with Crippen molar-refractivity contribution in [3.05, 3.63) is 58.4 Å². The number of urea groups is 1. The van der Waals surface area contributed by atoms with Crippen LogP contribution in [0.3, 0.4) is 0 Å². The second-order valence-electron chi connectivity index (χ2n) is 6.25. The Balaban J connectivity index is 1.60. The van der Waals surface area contributed by atoms with Crippen molar-refractivity contribution in [2.45, 2.75) is 13.8 Å². The maximum absolute atomic E-state index is 13.2. The summed E-state index contributed by atoms with van der Waals surface area (Å²) in [6.07, 6.45) is 0. The number of aryl methyl sites for hydroxylation is 1. The monoisotopic (exact) mass is 361 g/mol. The Morgan fingerprint density at radius 1 is 1.12 bits per heavy atom. The number of halogens is 2. The lowest BCUT2D eigenvalue weighted by Crippen LogP contribution is -2.50. The molecule has 1 aliphatic rings. The van der Waals surface area contributed by atoms with Gasteiger partial charge >= 0.3 is 6.03 Å². The van der Waals surface area contributed by atoms with Gasteiger partial charge in [-0.15, -0.1) is 0 Å². The molecule has 132 valence electrons. The van der Waals surface area contributed by atoms with Crippen molar-refractivity contribution < 1.29 is 9.18 Å². The largest absolute Gasteiger partial charge is 0.368 e. The third-order valence-corrected chi connectivity index (χ3v) is 4.94. The molecule has 0 bridgehead atoms. The highest BCUT2D eigenvalue weighted by Gasteiger charge is 2.22. The van der Waals surface area contributed by atoms with Gasteiger partial charge in [-0.05, 0) is 49.2 Å². The summed E-state index contributed by atoms with van der Waals surface area (Å²) in [5, 5.41) is 2.77. The fraction of sp³-hybridized carbons (Fsp3) is 0.316. The van der Waals surface area contributed by atoms with Gasteiger partial charge in [-0.25, -0.2) is 9.18 Å². The van der Waals surface area contributed by atoms with Gasteiger partial charge in [0.05, 0.1) is 5.02 Å². The quantitative estimate of drug-likeness (QED) is 0.857. The minimum absolute atomic E-state index is 0.00228. The molecule has 2 aromatic rings. The number of piperazine rings is 1. The predicted molar refractivity (Wildman–Crippen MR) is 100 cm³/mol. The first-order chi connectivity index (χ1) is 12.0. The van der Waals surface area contributed by atoms with Crippen LogP contribution in [0.15, 0.2) is 36.4 Å². The van der Waals surface area contributed by atoms with Crippen molar-refractivity contribution in [1.82, 2.24) is 4.90 Å². The Morgan fingerprint density at radius 2 is 1.84 bits per heavy atom. The van der Waals surface area contributed by atoms with Crippen molar-refractivity contribution in [3.63, 3.8) is 0 Å². The van der Waals surface area contributed by atoms with E-state index in [2.05, 4.69) is 42.3 Å². The summed E-state index contributed by atoms with van der Waals surface area (Å²) in [6.45, 7) is 7.06. The zero-order valence-corrected chi connectivity index (χ0v) is 15.1. The van der Waals surface area contributed by atoms with Crippen LogP contribution < -0.4 is 10.2 Å². The van der Waals surface area contributed by atoms with E-state index >= 15 is 0 Å². The normalized spacial score (nSPS) is 14.6. The smallest absolute Gasteiger partial charge is 0.321 e. The summed E-state index contributed by atoms with van der Waals surface area (Å²) < 4.78 is 13.2. The minimum atomic E-state index is -0.498. The molecule has 1 heterocycles. The molecule has 0 spiro atoms. The average Bonchev–Trinajstić information content (AvgIpc) is 2.61. The molecule has 4 nitrogen and oxygen atoms in total. The number of nitrogens with zero attached hydrogens (tertiary/aromatic N) is 2. The lowest BCUT2D eigenvalue weighted by Gasteiger charge is -2.37. The fourth-order valence-corrected chi connectivity index (χ4v) is 3.19. The number of hydrogen-bond donors (Lipinski definition) is 1. The van der Waals surface area contributed by atoms with Crippen molar-refractivity contribution in [1.29, 1.82) is 0 Å². The topological polar surface area (TPSA) is 35.6 Å². The number of benzene rings is 2. The highest BCUT2D eigenvalue weighted by molar-refractivity contribution is 6.31. The number of nitrogens with one attached hydrogen (secondary N) is 1. The van der Waals surface area contributed by atoms with Crippen LogP contribution in [0.1, 0.15) is 11.1 Å². The van der Waals surface area contributed by atoms with Crippen LogP contribution in [-0.2, 0) is 0 Å². The van der Waals surface area contributed by atoms with Crippen molar-refractivity contribution in [2.75, 3.05) is 36.4 Å². The summed E-state index contributed by atoms with van der Waals surface area (Å²) in [5.41, 5.74) is 4.27. The first-order valence-corrected chi connectivity index (χ1v) is 8.65.